The van der Waals surface area contributed by atoms with Crippen molar-refractivity contribution < 1.29 is 24.1 Å². The van der Waals surface area contributed by atoms with Gasteiger partial charge in [0.05, 0.1) is 21.5 Å². The minimum absolute atomic E-state index is 0.845. The molecule has 5 rings (SSSR count). The standard InChI is InChI=1S/C17H12BN2O3/c21-18(23-22)20-9-3-7-12-13-6-2-8-19-10-11-4-1-5-14(16(12)20)15(11)17(13)19/h1-9,21H,10H2/q+1/p+1. The van der Waals surface area contributed by atoms with E-state index in [1.54, 1.807) is 10.7 Å². The summed E-state index contributed by atoms with van der Waals surface area (Å²) in [5.74, 6) is 0. The second-order valence-electron chi connectivity index (χ2n) is 5.85. The van der Waals surface area contributed by atoms with E-state index >= 15 is 0 Å². The van der Waals surface area contributed by atoms with Gasteiger partial charge < -0.3 is 5.02 Å². The Morgan fingerprint density at radius 2 is 1.65 bits per heavy atom. The Bertz CT molecular complexity index is 1110. The highest BCUT2D eigenvalue weighted by molar-refractivity contribution is 6.33. The SMILES string of the molecule is OOB(O)[n+]1cccc2c3ccc[n+]4c3c3c(cccc3c21)C4. The molecular weight excluding hydrogens is 291 g/mol. The number of hydrogen-bond donors (Lipinski definition) is 2. The third-order valence-corrected chi connectivity index (χ3v) is 4.70. The van der Waals surface area contributed by atoms with E-state index < -0.39 is 7.25 Å². The summed E-state index contributed by atoms with van der Waals surface area (Å²) in [5.41, 5.74) is 3.32. The number of fused-ring (bicyclic) bond motifs is 3. The second-order valence-corrected chi connectivity index (χ2v) is 5.85. The van der Waals surface area contributed by atoms with Crippen LogP contribution in [0.5, 0.6) is 0 Å². The Kier molecular flexibility index (Phi) is 2.53. The van der Waals surface area contributed by atoms with Crippen LogP contribution in [0.2, 0.25) is 0 Å². The zero-order valence-corrected chi connectivity index (χ0v) is 12.2. The monoisotopic (exact) mass is 304 g/mol. The summed E-state index contributed by atoms with van der Waals surface area (Å²) in [6.45, 7) is 0.847. The molecule has 6 heteroatoms. The van der Waals surface area contributed by atoms with Gasteiger partial charge in [-0.3, -0.25) is 5.26 Å². The van der Waals surface area contributed by atoms with Crippen LogP contribution in [0.15, 0.2) is 54.9 Å². The largest absolute Gasteiger partial charge is 0.874 e. The molecule has 2 N–H and O–H groups in total. The van der Waals surface area contributed by atoms with Gasteiger partial charge in [-0.15, -0.1) is 0 Å². The lowest BCUT2D eigenvalue weighted by atomic mass is 9.96. The van der Waals surface area contributed by atoms with Crippen molar-refractivity contribution in [2.45, 2.75) is 6.54 Å². The van der Waals surface area contributed by atoms with Crippen molar-refractivity contribution in [3.63, 3.8) is 0 Å². The molecule has 110 valence electrons. The van der Waals surface area contributed by atoms with Gasteiger partial charge in [0, 0.05) is 17.7 Å². The van der Waals surface area contributed by atoms with Gasteiger partial charge in [0.1, 0.15) is 6.20 Å². The first kappa shape index (κ1) is 13.0. The molecule has 0 bridgehead atoms. The van der Waals surface area contributed by atoms with Gasteiger partial charge in [0.15, 0.2) is 12.7 Å². The summed E-state index contributed by atoms with van der Waals surface area (Å²) in [5, 5.41) is 23.3. The number of rotatable bonds is 2. The number of pyridine rings is 2. The first-order chi connectivity index (χ1) is 11.3. The normalized spacial score (nSPS) is 12.8. The number of nitrogens with zero attached hydrogens (tertiary/aromatic N) is 2. The van der Waals surface area contributed by atoms with E-state index in [2.05, 4.69) is 27.7 Å². The lowest BCUT2D eigenvalue weighted by Gasteiger charge is -2.06. The molecule has 3 heterocycles. The van der Waals surface area contributed by atoms with E-state index in [9.17, 15) is 5.02 Å². The van der Waals surface area contributed by atoms with Gasteiger partial charge in [-0.05, 0) is 18.2 Å². The van der Waals surface area contributed by atoms with Gasteiger partial charge in [0.2, 0.25) is 11.0 Å². The molecule has 23 heavy (non-hydrogen) atoms. The van der Waals surface area contributed by atoms with Crippen molar-refractivity contribution >= 4 is 39.8 Å². The Labute approximate surface area is 131 Å². The molecule has 1 aliphatic rings. The summed E-state index contributed by atoms with van der Waals surface area (Å²) in [6.07, 6.45) is 3.80. The van der Waals surface area contributed by atoms with Crippen molar-refractivity contribution in [2.75, 3.05) is 0 Å². The van der Waals surface area contributed by atoms with E-state index in [-0.39, 0.29) is 0 Å². The van der Waals surface area contributed by atoms with Crippen LogP contribution < -0.4 is 9.05 Å². The van der Waals surface area contributed by atoms with Crippen LogP contribution in [-0.2, 0) is 11.3 Å². The van der Waals surface area contributed by atoms with E-state index in [1.807, 2.05) is 30.3 Å². The molecule has 4 aromatic rings. The fourth-order valence-corrected chi connectivity index (χ4v) is 3.83. The molecule has 1 aliphatic heterocycles. The highest BCUT2D eigenvalue weighted by atomic mass is 17.1. The lowest BCUT2D eigenvalue weighted by Crippen LogP contribution is -2.53. The average molecular weight is 304 g/mol. The molecule has 0 saturated carbocycles. The smallest absolute Gasteiger partial charge is 0.359 e. The fraction of sp³-hybridized carbons (Fsp3) is 0.0588. The Hall–Kier alpha value is -2.54. The molecule has 0 atom stereocenters. The molecule has 2 aromatic carbocycles. The topological polar surface area (TPSA) is 57.5 Å². The van der Waals surface area contributed by atoms with E-state index in [1.165, 1.54) is 16.5 Å². The molecular formula is C17H13BN2O3+2. The Morgan fingerprint density at radius 3 is 2.48 bits per heavy atom. The van der Waals surface area contributed by atoms with Crippen molar-refractivity contribution in [1.29, 1.82) is 0 Å². The molecule has 0 unspecified atom stereocenters. The molecule has 0 saturated heterocycles. The van der Waals surface area contributed by atoms with Gasteiger partial charge in [0.25, 0.3) is 0 Å². The number of hydrogen-bond acceptors (Lipinski definition) is 3. The quantitative estimate of drug-likeness (QED) is 0.170. The maximum Gasteiger partial charge on any atom is 0.874 e. The third-order valence-electron chi connectivity index (χ3n) is 4.70. The second kappa shape index (κ2) is 4.49. The molecule has 2 aromatic heterocycles. The van der Waals surface area contributed by atoms with E-state index in [0.29, 0.717) is 0 Å². The maximum absolute atomic E-state index is 10.0. The minimum atomic E-state index is -1.44. The van der Waals surface area contributed by atoms with Crippen molar-refractivity contribution in [1.82, 2.24) is 0 Å². The number of benzene rings is 2. The van der Waals surface area contributed by atoms with Gasteiger partial charge in [-0.2, -0.15) is 9.37 Å². The van der Waals surface area contributed by atoms with Crippen LogP contribution >= 0.6 is 0 Å². The molecule has 0 radical (unpaired) electrons. The van der Waals surface area contributed by atoms with Crippen molar-refractivity contribution in [2.24, 2.45) is 0 Å². The summed E-state index contributed by atoms with van der Waals surface area (Å²) < 4.78 is 3.80. The summed E-state index contributed by atoms with van der Waals surface area (Å²) in [7, 11) is -1.44. The zero-order chi connectivity index (χ0) is 15.6. The molecule has 0 fully saturated rings. The fourth-order valence-electron chi connectivity index (χ4n) is 3.83. The molecule has 0 amide bonds. The highest BCUT2D eigenvalue weighted by Gasteiger charge is 2.36. The summed E-state index contributed by atoms with van der Waals surface area (Å²) in [6, 6.07) is 14.2. The average Bonchev–Trinajstić information content (AvgIpc) is 2.99. The summed E-state index contributed by atoms with van der Waals surface area (Å²) >= 11 is 0. The zero-order valence-electron chi connectivity index (χ0n) is 12.2. The van der Waals surface area contributed by atoms with Crippen LogP contribution in [-0.4, -0.2) is 17.5 Å². The molecule has 5 nitrogen and oxygen atoms in total. The van der Waals surface area contributed by atoms with Crippen LogP contribution in [0.3, 0.4) is 0 Å². The lowest BCUT2D eigenvalue weighted by molar-refractivity contribution is -0.657. The van der Waals surface area contributed by atoms with Crippen LogP contribution in [0.4, 0.5) is 0 Å². The third kappa shape index (κ3) is 1.57. The highest BCUT2D eigenvalue weighted by Crippen LogP contribution is 2.35. The summed E-state index contributed by atoms with van der Waals surface area (Å²) in [4.78, 5) is 4.16. The van der Waals surface area contributed by atoms with Crippen LogP contribution in [0, 0.1) is 0 Å². The van der Waals surface area contributed by atoms with Crippen molar-refractivity contribution in [3.8, 4) is 0 Å². The Morgan fingerprint density at radius 1 is 0.913 bits per heavy atom. The van der Waals surface area contributed by atoms with Gasteiger partial charge >= 0.3 is 7.25 Å². The van der Waals surface area contributed by atoms with Gasteiger partial charge in [-0.1, -0.05) is 12.1 Å². The Balaban J connectivity index is 2.13. The van der Waals surface area contributed by atoms with E-state index in [0.717, 1.165) is 28.2 Å². The first-order valence-corrected chi connectivity index (χ1v) is 7.47. The van der Waals surface area contributed by atoms with Crippen molar-refractivity contribution in [3.05, 3.63) is 60.4 Å². The van der Waals surface area contributed by atoms with Crippen LogP contribution in [0.1, 0.15) is 5.56 Å². The van der Waals surface area contributed by atoms with E-state index in [4.69, 9.17) is 5.26 Å². The molecule has 0 aliphatic carbocycles. The number of aromatic nitrogens is 2. The van der Waals surface area contributed by atoms with Gasteiger partial charge in [-0.25, -0.2) is 4.48 Å². The predicted octanol–water partition coefficient (Wildman–Crippen LogP) is 1.40. The first-order valence-electron chi connectivity index (χ1n) is 7.47. The minimum Gasteiger partial charge on any atom is -0.359 e. The molecule has 0 spiro atoms. The maximum atomic E-state index is 10.0. The predicted molar refractivity (Wildman–Crippen MR) is 85.5 cm³/mol. The van der Waals surface area contributed by atoms with Crippen LogP contribution in [0.25, 0.3) is 32.6 Å².